The number of nitrogens with one attached hydrogen (secondary N) is 1. The quantitative estimate of drug-likeness (QED) is 0.503. The molecular weight excluding hydrogens is 142 g/mol. The molecule has 54 valence electrons. The molecule has 1 rings (SSSR count). The summed E-state index contributed by atoms with van der Waals surface area (Å²) in [5, 5.41) is 19.5. The van der Waals surface area contributed by atoms with Crippen LogP contribution in [0.2, 0.25) is 0 Å². The van der Waals surface area contributed by atoms with Crippen molar-refractivity contribution in [3.63, 3.8) is 0 Å². The van der Waals surface area contributed by atoms with E-state index >= 15 is 0 Å². The lowest BCUT2D eigenvalue weighted by molar-refractivity contribution is 0.219. The van der Waals surface area contributed by atoms with Gasteiger partial charge in [0.1, 0.15) is 18.7 Å². The maximum atomic E-state index is 8.40. The largest absolute Gasteiger partial charge is 0.473 e. The molecule has 0 amide bonds. The van der Waals surface area contributed by atoms with Crippen LogP contribution in [0.15, 0.2) is 23.7 Å². The van der Waals surface area contributed by atoms with Crippen LogP contribution in [-0.2, 0) is 4.74 Å². The average molecular weight is 147 g/mol. The monoisotopic (exact) mass is 147 g/mol. The standard InChI is InChI=1S/C7H5N3O/c8-4-6(5-9)7-10-2-1-3-11-7/h1-2,10H,3H2. The number of hydrogen-bond donors (Lipinski definition) is 1. The van der Waals surface area contributed by atoms with E-state index in [9.17, 15) is 0 Å². The molecule has 0 unspecified atom stereocenters. The summed E-state index contributed by atoms with van der Waals surface area (Å²) in [5.41, 5.74) is -0.0330. The summed E-state index contributed by atoms with van der Waals surface area (Å²) >= 11 is 0. The van der Waals surface area contributed by atoms with Crippen LogP contribution in [0.4, 0.5) is 0 Å². The van der Waals surface area contributed by atoms with Crippen LogP contribution in [0.1, 0.15) is 0 Å². The first-order valence-electron chi connectivity index (χ1n) is 2.97. The van der Waals surface area contributed by atoms with Crippen LogP contribution in [0.25, 0.3) is 0 Å². The molecule has 0 fully saturated rings. The number of nitriles is 2. The minimum atomic E-state index is -0.0330. The van der Waals surface area contributed by atoms with Crippen LogP contribution in [-0.4, -0.2) is 6.61 Å². The van der Waals surface area contributed by atoms with Gasteiger partial charge in [-0.3, -0.25) is 0 Å². The average Bonchev–Trinajstić information content (AvgIpc) is 2.09. The summed E-state index contributed by atoms with van der Waals surface area (Å²) in [5.74, 6) is 0.234. The molecule has 0 aliphatic carbocycles. The summed E-state index contributed by atoms with van der Waals surface area (Å²) < 4.78 is 4.96. The first kappa shape index (κ1) is 7.17. The first-order chi connectivity index (χ1) is 5.38. The Bertz CT molecular complexity index is 274. The second-order valence-electron chi connectivity index (χ2n) is 1.79. The fourth-order valence-electron chi connectivity index (χ4n) is 0.627. The van der Waals surface area contributed by atoms with Gasteiger partial charge >= 0.3 is 0 Å². The molecule has 0 bridgehead atoms. The Morgan fingerprint density at radius 1 is 1.55 bits per heavy atom. The van der Waals surface area contributed by atoms with Gasteiger partial charge in [0.15, 0.2) is 5.57 Å². The summed E-state index contributed by atoms with van der Waals surface area (Å²) in [6.45, 7) is 0.398. The van der Waals surface area contributed by atoms with Crippen molar-refractivity contribution in [2.24, 2.45) is 0 Å². The highest BCUT2D eigenvalue weighted by atomic mass is 16.5. The zero-order chi connectivity index (χ0) is 8.10. The molecule has 0 spiro atoms. The van der Waals surface area contributed by atoms with Crippen molar-refractivity contribution in [1.82, 2.24) is 5.32 Å². The van der Waals surface area contributed by atoms with Crippen molar-refractivity contribution in [3.05, 3.63) is 23.7 Å². The van der Waals surface area contributed by atoms with Gasteiger partial charge in [0.25, 0.3) is 0 Å². The van der Waals surface area contributed by atoms with Gasteiger partial charge in [0, 0.05) is 6.20 Å². The van der Waals surface area contributed by atoms with E-state index in [1.54, 1.807) is 24.4 Å². The Morgan fingerprint density at radius 3 is 2.73 bits per heavy atom. The molecule has 0 saturated carbocycles. The molecule has 0 aromatic carbocycles. The first-order valence-corrected chi connectivity index (χ1v) is 2.97. The molecule has 0 aromatic heterocycles. The fraction of sp³-hybridized carbons (Fsp3) is 0.143. The summed E-state index contributed by atoms with van der Waals surface area (Å²) in [6, 6.07) is 3.44. The van der Waals surface area contributed by atoms with Crippen molar-refractivity contribution < 1.29 is 4.74 Å². The van der Waals surface area contributed by atoms with E-state index in [4.69, 9.17) is 15.3 Å². The minimum absolute atomic E-state index is 0.0330. The lowest BCUT2D eigenvalue weighted by Gasteiger charge is -2.11. The predicted octanol–water partition coefficient (Wildman–Crippen LogP) is 0.379. The molecule has 4 nitrogen and oxygen atoms in total. The third-order valence-electron chi connectivity index (χ3n) is 1.11. The summed E-state index contributed by atoms with van der Waals surface area (Å²) in [6.07, 6.45) is 3.38. The lowest BCUT2D eigenvalue weighted by Crippen LogP contribution is -2.15. The lowest BCUT2D eigenvalue weighted by atomic mass is 10.3. The van der Waals surface area contributed by atoms with Crippen molar-refractivity contribution in [2.45, 2.75) is 0 Å². The fourth-order valence-corrected chi connectivity index (χ4v) is 0.627. The van der Waals surface area contributed by atoms with Gasteiger partial charge in [-0.1, -0.05) is 0 Å². The van der Waals surface area contributed by atoms with E-state index in [1.165, 1.54) is 0 Å². The second kappa shape index (κ2) is 3.28. The maximum Gasteiger partial charge on any atom is 0.220 e. The van der Waals surface area contributed by atoms with Crippen LogP contribution >= 0.6 is 0 Å². The van der Waals surface area contributed by atoms with E-state index in [1.807, 2.05) is 0 Å². The van der Waals surface area contributed by atoms with Gasteiger partial charge in [-0.2, -0.15) is 10.5 Å². The van der Waals surface area contributed by atoms with Gasteiger partial charge in [0.05, 0.1) is 0 Å². The van der Waals surface area contributed by atoms with Gasteiger partial charge in [-0.25, -0.2) is 0 Å². The molecule has 1 heterocycles. The zero-order valence-electron chi connectivity index (χ0n) is 5.66. The Balaban J connectivity index is 2.89. The second-order valence-corrected chi connectivity index (χ2v) is 1.79. The molecule has 0 atom stereocenters. The van der Waals surface area contributed by atoms with Crippen molar-refractivity contribution in [2.75, 3.05) is 6.61 Å². The molecule has 4 heteroatoms. The Labute approximate surface area is 64.0 Å². The molecule has 1 N–H and O–H groups in total. The summed E-state index contributed by atoms with van der Waals surface area (Å²) in [7, 11) is 0. The SMILES string of the molecule is N#CC(C#N)=C1NC=CCO1. The highest BCUT2D eigenvalue weighted by Crippen LogP contribution is 2.04. The molecule has 1 aliphatic heterocycles. The normalized spacial score (nSPS) is 13.8. The van der Waals surface area contributed by atoms with Crippen LogP contribution in [0.5, 0.6) is 0 Å². The Hall–Kier alpha value is -1.94. The van der Waals surface area contributed by atoms with Gasteiger partial charge in [0.2, 0.25) is 5.88 Å². The van der Waals surface area contributed by atoms with E-state index < -0.39 is 0 Å². The Morgan fingerprint density at radius 2 is 2.27 bits per heavy atom. The van der Waals surface area contributed by atoms with Crippen LogP contribution < -0.4 is 5.32 Å². The molecule has 0 aromatic rings. The van der Waals surface area contributed by atoms with Crippen molar-refractivity contribution in [3.8, 4) is 12.1 Å². The van der Waals surface area contributed by atoms with Crippen molar-refractivity contribution in [1.29, 1.82) is 10.5 Å². The minimum Gasteiger partial charge on any atom is -0.473 e. The smallest absolute Gasteiger partial charge is 0.220 e. The third kappa shape index (κ3) is 1.50. The molecular formula is C7H5N3O. The highest BCUT2D eigenvalue weighted by Gasteiger charge is 2.07. The molecule has 0 saturated heterocycles. The summed E-state index contributed by atoms with van der Waals surface area (Å²) in [4.78, 5) is 0. The van der Waals surface area contributed by atoms with Gasteiger partial charge in [-0.15, -0.1) is 0 Å². The third-order valence-corrected chi connectivity index (χ3v) is 1.11. The van der Waals surface area contributed by atoms with Gasteiger partial charge in [-0.05, 0) is 6.08 Å². The number of nitrogens with zero attached hydrogens (tertiary/aromatic N) is 2. The maximum absolute atomic E-state index is 8.40. The number of allylic oxidation sites excluding steroid dienone is 1. The molecule has 0 radical (unpaired) electrons. The van der Waals surface area contributed by atoms with E-state index in [0.717, 1.165) is 0 Å². The molecule has 11 heavy (non-hydrogen) atoms. The van der Waals surface area contributed by atoms with Crippen LogP contribution in [0, 0.1) is 22.7 Å². The molecule has 1 aliphatic rings. The van der Waals surface area contributed by atoms with Crippen LogP contribution in [0.3, 0.4) is 0 Å². The zero-order valence-corrected chi connectivity index (χ0v) is 5.66. The van der Waals surface area contributed by atoms with Gasteiger partial charge < -0.3 is 10.1 Å². The van der Waals surface area contributed by atoms with Crippen molar-refractivity contribution >= 4 is 0 Å². The number of rotatable bonds is 0. The number of hydrogen-bond acceptors (Lipinski definition) is 4. The topological polar surface area (TPSA) is 68.8 Å². The van der Waals surface area contributed by atoms with E-state index in [-0.39, 0.29) is 11.5 Å². The van der Waals surface area contributed by atoms with E-state index in [2.05, 4.69) is 5.32 Å². The predicted molar refractivity (Wildman–Crippen MR) is 36.5 cm³/mol. The highest BCUT2D eigenvalue weighted by molar-refractivity contribution is 5.38. The Kier molecular flexibility index (Phi) is 2.14. The number of ether oxygens (including phenoxy) is 1. The van der Waals surface area contributed by atoms with E-state index in [0.29, 0.717) is 6.61 Å².